The van der Waals surface area contributed by atoms with E-state index in [2.05, 4.69) is 36.2 Å². The highest BCUT2D eigenvalue weighted by molar-refractivity contribution is 6.05. The molecule has 3 amide bonds. The van der Waals surface area contributed by atoms with Crippen molar-refractivity contribution >= 4 is 17.7 Å². The Kier molecular flexibility index (Phi) is 5.23. The van der Waals surface area contributed by atoms with Crippen molar-refractivity contribution in [2.45, 2.75) is 70.5 Å². The molecule has 2 unspecified atom stereocenters. The average Bonchev–Trinajstić information content (AvgIpc) is 3.03. The summed E-state index contributed by atoms with van der Waals surface area (Å²) in [5, 5.41) is 2.36. The summed E-state index contributed by atoms with van der Waals surface area (Å²) in [6.45, 7) is 7.24. The fourth-order valence-electron chi connectivity index (χ4n) is 4.78. The Labute approximate surface area is 166 Å². The first-order valence-electron chi connectivity index (χ1n) is 10.5. The van der Waals surface area contributed by atoms with Crippen molar-refractivity contribution in [1.29, 1.82) is 0 Å². The summed E-state index contributed by atoms with van der Waals surface area (Å²) in [4.78, 5) is 40.6. The van der Waals surface area contributed by atoms with Gasteiger partial charge in [0.05, 0.1) is 0 Å². The molecule has 2 atom stereocenters. The van der Waals surface area contributed by atoms with E-state index in [-0.39, 0.29) is 24.1 Å². The molecule has 150 valence electrons. The van der Waals surface area contributed by atoms with E-state index in [0.29, 0.717) is 30.5 Å². The summed E-state index contributed by atoms with van der Waals surface area (Å²) in [5.74, 6) is -0.167. The SMILES string of the molecule is CCC(C)N1CCC(c2ccc3c(c2)CN(C2CCC(=O)NC2=O)C3=O)CC1. The van der Waals surface area contributed by atoms with Gasteiger partial charge >= 0.3 is 0 Å². The van der Waals surface area contributed by atoms with Gasteiger partial charge in [0.2, 0.25) is 11.8 Å². The number of benzene rings is 1. The van der Waals surface area contributed by atoms with E-state index < -0.39 is 6.04 Å². The Morgan fingerprint density at radius 3 is 2.57 bits per heavy atom. The quantitative estimate of drug-likeness (QED) is 0.811. The van der Waals surface area contributed by atoms with Crippen molar-refractivity contribution in [1.82, 2.24) is 15.1 Å². The van der Waals surface area contributed by atoms with Crippen LogP contribution in [-0.2, 0) is 16.1 Å². The molecule has 0 radical (unpaired) electrons. The molecule has 6 heteroatoms. The van der Waals surface area contributed by atoms with Crippen LogP contribution in [0.5, 0.6) is 0 Å². The van der Waals surface area contributed by atoms with Gasteiger partial charge in [-0.05, 0) is 68.8 Å². The molecule has 28 heavy (non-hydrogen) atoms. The Hall–Kier alpha value is -2.21. The fourth-order valence-corrected chi connectivity index (χ4v) is 4.78. The number of rotatable bonds is 4. The number of likely N-dealkylation sites (tertiary alicyclic amines) is 1. The number of carbonyl (C=O) groups excluding carboxylic acids is 3. The molecular formula is C22H29N3O3. The molecule has 2 fully saturated rings. The van der Waals surface area contributed by atoms with Crippen molar-refractivity contribution < 1.29 is 14.4 Å². The van der Waals surface area contributed by atoms with Gasteiger partial charge in [0.25, 0.3) is 5.91 Å². The highest BCUT2D eigenvalue weighted by Gasteiger charge is 2.39. The lowest BCUT2D eigenvalue weighted by molar-refractivity contribution is -0.136. The smallest absolute Gasteiger partial charge is 0.255 e. The van der Waals surface area contributed by atoms with Crippen molar-refractivity contribution in [3.8, 4) is 0 Å². The molecular weight excluding hydrogens is 354 g/mol. The Balaban J connectivity index is 1.46. The van der Waals surface area contributed by atoms with Gasteiger partial charge in [0.15, 0.2) is 0 Å². The molecule has 2 saturated heterocycles. The molecule has 0 saturated carbocycles. The number of nitrogens with zero attached hydrogens (tertiary/aromatic N) is 2. The minimum absolute atomic E-state index is 0.0948. The van der Waals surface area contributed by atoms with Gasteiger partial charge in [-0.15, -0.1) is 0 Å². The molecule has 0 bridgehead atoms. The first kappa shape index (κ1) is 19.1. The number of hydrogen-bond acceptors (Lipinski definition) is 4. The van der Waals surface area contributed by atoms with Crippen LogP contribution in [0, 0.1) is 0 Å². The van der Waals surface area contributed by atoms with E-state index in [9.17, 15) is 14.4 Å². The van der Waals surface area contributed by atoms with Crippen molar-refractivity contribution in [2.24, 2.45) is 0 Å². The molecule has 3 heterocycles. The predicted molar refractivity (Wildman–Crippen MR) is 106 cm³/mol. The molecule has 1 N–H and O–H groups in total. The van der Waals surface area contributed by atoms with E-state index in [1.165, 1.54) is 12.0 Å². The summed E-state index contributed by atoms with van der Waals surface area (Å²) in [6.07, 6.45) is 4.17. The molecule has 4 rings (SSSR count). The predicted octanol–water partition coefficient (Wildman–Crippen LogP) is 2.43. The van der Waals surface area contributed by atoms with Crippen LogP contribution < -0.4 is 5.32 Å². The zero-order chi connectivity index (χ0) is 19.8. The maximum absolute atomic E-state index is 12.8. The van der Waals surface area contributed by atoms with E-state index >= 15 is 0 Å². The second kappa shape index (κ2) is 7.66. The first-order chi connectivity index (χ1) is 13.5. The lowest BCUT2D eigenvalue weighted by atomic mass is 9.87. The number of hydrogen-bond donors (Lipinski definition) is 1. The van der Waals surface area contributed by atoms with Crippen molar-refractivity contribution in [2.75, 3.05) is 13.1 Å². The Morgan fingerprint density at radius 2 is 1.89 bits per heavy atom. The lowest BCUT2D eigenvalue weighted by Crippen LogP contribution is -2.52. The van der Waals surface area contributed by atoms with Crippen molar-refractivity contribution in [3.63, 3.8) is 0 Å². The summed E-state index contributed by atoms with van der Waals surface area (Å²) >= 11 is 0. The van der Waals surface area contributed by atoms with Gasteiger partial charge in [-0.25, -0.2) is 0 Å². The highest BCUT2D eigenvalue weighted by atomic mass is 16.2. The van der Waals surface area contributed by atoms with Gasteiger partial charge in [0, 0.05) is 24.6 Å². The highest BCUT2D eigenvalue weighted by Crippen LogP contribution is 2.34. The molecule has 3 aliphatic heterocycles. The number of fused-ring (bicyclic) bond motifs is 1. The van der Waals surface area contributed by atoms with Crippen LogP contribution in [0.15, 0.2) is 18.2 Å². The summed E-state index contributed by atoms with van der Waals surface area (Å²) < 4.78 is 0. The topological polar surface area (TPSA) is 69.7 Å². The van der Waals surface area contributed by atoms with Crippen LogP contribution in [0.4, 0.5) is 0 Å². The molecule has 6 nitrogen and oxygen atoms in total. The van der Waals surface area contributed by atoms with Crippen LogP contribution in [0.1, 0.15) is 73.4 Å². The maximum atomic E-state index is 12.8. The maximum Gasteiger partial charge on any atom is 0.255 e. The Bertz CT molecular complexity index is 798. The normalized spacial score (nSPS) is 25.0. The zero-order valence-electron chi connectivity index (χ0n) is 16.7. The van der Waals surface area contributed by atoms with Gasteiger partial charge in [0.1, 0.15) is 6.04 Å². The molecule has 1 aromatic rings. The van der Waals surface area contributed by atoms with E-state index in [4.69, 9.17) is 0 Å². The fraction of sp³-hybridized carbons (Fsp3) is 0.591. The zero-order valence-corrected chi connectivity index (χ0v) is 16.7. The van der Waals surface area contributed by atoms with E-state index in [1.807, 2.05) is 6.07 Å². The number of nitrogens with one attached hydrogen (secondary N) is 1. The summed E-state index contributed by atoms with van der Waals surface area (Å²) in [5.41, 5.74) is 3.02. The van der Waals surface area contributed by atoms with E-state index in [0.717, 1.165) is 31.5 Å². The number of piperidine rings is 2. The standard InChI is InChI=1S/C22H29N3O3/c1-3-14(2)24-10-8-15(9-11-24)16-4-5-18-17(12-16)13-25(22(18)28)19-6-7-20(26)23-21(19)27/h4-5,12,14-15,19H,3,6-11,13H2,1-2H3,(H,23,26,27). The summed E-state index contributed by atoms with van der Waals surface area (Å²) in [7, 11) is 0. The second-order valence-electron chi connectivity index (χ2n) is 8.38. The molecule has 3 aliphatic rings. The largest absolute Gasteiger partial charge is 0.322 e. The van der Waals surface area contributed by atoms with Crippen LogP contribution in [0.2, 0.25) is 0 Å². The van der Waals surface area contributed by atoms with Gasteiger partial charge in [-0.3, -0.25) is 19.7 Å². The number of imide groups is 1. The van der Waals surface area contributed by atoms with Gasteiger partial charge in [-0.1, -0.05) is 19.1 Å². The minimum atomic E-state index is -0.542. The van der Waals surface area contributed by atoms with E-state index in [1.54, 1.807) is 4.90 Å². The second-order valence-corrected chi connectivity index (χ2v) is 8.38. The molecule has 1 aromatic carbocycles. The van der Waals surface area contributed by atoms with Crippen LogP contribution in [0.3, 0.4) is 0 Å². The average molecular weight is 383 g/mol. The molecule has 0 aliphatic carbocycles. The summed E-state index contributed by atoms with van der Waals surface area (Å²) in [6, 6.07) is 6.29. The third-order valence-electron chi connectivity index (χ3n) is 6.76. The van der Waals surface area contributed by atoms with Gasteiger partial charge < -0.3 is 9.80 Å². The number of amides is 3. The third kappa shape index (κ3) is 3.46. The Morgan fingerprint density at radius 1 is 1.14 bits per heavy atom. The van der Waals surface area contributed by atoms with Crippen LogP contribution in [-0.4, -0.2) is 52.7 Å². The monoisotopic (exact) mass is 383 g/mol. The minimum Gasteiger partial charge on any atom is -0.322 e. The first-order valence-corrected chi connectivity index (χ1v) is 10.5. The van der Waals surface area contributed by atoms with Crippen LogP contribution in [0.25, 0.3) is 0 Å². The lowest BCUT2D eigenvalue weighted by Gasteiger charge is -2.36. The molecule has 0 aromatic heterocycles. The van der Waals surface area contributed by atoms with Crippen molar-refractivity contribution in [3.05, 3.63) is 34.9 Å². The number of carbonyl (C=O) groups is 3. The van der Waals surface area contributed by atoms with Gasteiger partial charge in [-0.2, -0.15) is 0 Å². The molecule has 0 spiro atoms. The third-order valence-corrected chi connectivity index (χ3v) is 6.76. The van der Waals surface area contributed by atoms with Crippen LogP contribution >= 0.6 is 0 Å².